The Morgan fingerprint density at radius 1 is 0.857 bits per heavy atom. The summed E-state index contributed by atoms with van der Waals surface area (Å²) >= 11 is 0. The third kappa shape index (κ3) is 3.15. The fourth-order valence-corrected chi connectivity index (χ4v) is 1.70. The molecule has 0 amide bonds. The first-order valence-corrected chi connectivity index (χ1v) is 6.18. The lowest BCUT2D eigenvalue weighted by Crippen LogP contribution is -2.10. The van der Waals surface area contributed by atoms with Crippen molar-refractivity contribution in [2.75, 3.05) is 0 Å². The molecule has 0 atom stereocenters. The molecule has 112 valence electrons. The van der Waals surface area contributed by atoms with E-state index < -0.39 is 29.3 Å². The summed E-state index contributed by atoms with van der Waals surface area (Å²) < 4.78 is 57.7. The van der Waals surface area contributed by atoms with E-state index in [-0.39, 0.29) is 11.2 Å². The first kappa shape index (κ1) is 15.3. The molecule has 0 bridgehead atoms. The molecular formula is C15H13F4NO. The molecule has 0 spiro atoms. The van der Waals surface area contributed by atoms with Gasteiger partial charge in [0.1, 0.15) is 5.75 Å². The molecule has 6 heteroatoms. The monoisotopic (exact) mass is 299 g/mol. The minimum Gasteiger partial charge on any atom is -0.451 e. The zero-order chi connectivity index (χ0) is 15.8. The van der Waals surface area contributed by atoms with Crippen LogP contribution in [0.4, 0.5) is 17.6 Å². The number of hydrogen-bond donors (Lipinski definition) is 0. The molecule has 0 aliphatic heterocycles. The Kier molecular flexibility index (Phi) is 3.89. The van der Waals surface area contributed by atoms with Crippen molar-refractivity contribution in [1.82, 2.24) is 4.98 Å². The highest BCUT2D eigenvalue weighted by atomic mass is 19.2. The predicted molar refractivity (Wildman–Crippen MR) is 69.3 cm³/mol. The molecule has 2 aromatic rings. The van der Waals surface area contributed by atoms with Gasteiger partial charge < -0.3 is 4.74 Å². The largest absolute Gasteiger partial charge is 0.451 e. The van der Waals surface area contributed by atoms with Crippen LogP contribution in [-0.4, -0.2) is 4.98 Å². The van der Waals surface area contributed by atoms with Gasteiger partial charge >= 0.3 is 0 Å². The fourth-order valence-electron chi connectivity index (χ4n) is 1.70. The number of ether oxygens (including phenoxy) is 1. The molecule has 1 heterocycles. The van der Waals surface area contributed by atoms with E-state index in [2.05, 4.69) is 4.98 Å². The van der Waals surface area contributed by atoms with Crippen molar-refractivity contribution in [3.05, 3.63) is 53.4 Å². The molecule has 1 aromatic heterocycles. The quantitative estimate of drug-likeness (QED) is 0.591. The third-order valence-corrected chi connectivity index (χ3v) is 2.90. The molecule has 0 radical (unpaired) electrons. The summed E-state index contributed by atoms with van der Waals surface area (Å²) in [5.74, 6) is -7.94. The average molecular weight is 299 g/mol. The van der Waals surface area contributed by atoms with Crippen molar-refractivity contribution in [1.29, 1.82) is 0 Å². The topological polar surface area (TPSA) is 22.1 Å². The maximum atomic E-state index is 13.4. The van der Waals surface area contributed by atoms with Gasteiger partial charge in [0.2, 0.25) is 17.4 Å². The van der Waals surface area contributed by atoms with Crippen LogP contribution < -0.4 is 4.74 Å². The predicted octanol–water partition coefficient (Wildman–Crippen LogP) is 4.73. The van der Waals surface area contributed by atoms with Crippen molar-refractivity contribution >= 4 is 0 Å². The number of halogens is 4. The summed E-state index contributed by atoms with van der Waals surface area (Å²) in [5, 5.41) is 0. The van der Waals surface area contributed by atoms with E-state index in [9.17, 15) is 17.6 Å². The highest BCUT2D eigenvalue weighted by Crippen LogP contribution is 2.31. The number of pyridine rings is 1. The molecule has 1 aromatic carbocycles. The van der Waals surface area contributed by atoms with Crippen molar-refractivity contribution in [2.45, 2.75) is 26.2 Å². The molecule has 0 aliphatic carbocycles. The Balaban J connectivity index is 2.35. The minimum atomic E-state index is -1.75. The van der Waals surface area contributed by atoms with Gasteiger partial charge in [0.15, 0.2) is 0 Å². The molecule has 0 saturated carbocycles. The maximum absolute atomic E-state index is 13.4. The van der Waals surface area contributed by atoms with Crippen LogP contribution in [0.2, 0.25) is 0 Å². The Labute approximate surface area is 119 Å². The second-order valence-corrected chi connectivity index (χ2v) is 5.53. The summed E-state index contributed by atoms with van der Waals surface area (Å²) in [6, 6.07) is 6.35. The van der Waals surface area contributed by atoms with Gasteiger partial charge in [0.25, 0.3) is 11.9 Å². The van der Waals surface area contributed by atoms with E-state index in [0.717, 1.165) is 5.56 Å². The van der Waals surface area contributed by atoms with E-state index in [1.54, 1.807) is 12.1 Å². The van der Waals surface area contributed by atoms with Gasteiger partial charge in [-0.1, -0.05) is 32.9 Å². The van der Waals surface area contributed by atoms with Crippen molar-refractivity contribution in [3.63, 3.8) is 0 Å². The SMILES string of the molecule is CC(C)(C)c1ccc(Oc2c(F)c(F)nc(F)c2F)cc1. The summed E-state index contributed by atoms with van der Waals surface area (Å²) in [4.78, 5) is 2.46. The van der Waals surface area contributed by atoms with Gasteiger partial charge in [-0.2, -0.15) is 22.5 Å². The number of aromatic nitrogens is 1. The zero-order valence-corrected chi connectivity index (χ0v) is 11.7. The van der Waals surface area contributed by atoms with Crippen LogP contribution >= 0.6 is 0 Å². The summed E-state index contributed by atoms with van der Waals surface area (Å²) in [7, 11) is 0. The van der Waals surface area contributed by atoms with E-state index in [1.165, 1.54) is 12.1 Å². The highest BCUT2D eigenvalue weighted by molar-refractivity contribution is 5.35. The molecule has 0 saturated heterocycles. The number of benzene rings is 1. The normalized spacial score (nSPS) is 11.6. The second-order valence-electron chi connectivity index (χ2n) is 5.53. The van der Waals surface area contributed by atoms with Crippen molar-refractivity contribution in [3.8, 4) is 11.5 Å². The summed E-state index contributed by atoms with van der Waals surface area (Å²) in [6.45, 7) is 5.99. The first-order chi connectivity index (χ1) is 9.70. The molecule has 0 fully saturated rings. The van der Waals surface area contributed by atoms with E-state index in [0.29, 0.717) is 0 Å². The third-order valence-electron chi connectivity index (χ3n) is 2.90. The highest BCUT2D eigenvalue weighted by Gasteiger charge is 2.23. The lowest BCUT2D eigenvalue weighted by molar-refractivity contribution is 0.343. The zero-order valence-electron chi connectivity index (χ0n) is 11.7. The molecule has 21 heavy (non-hydrogen) atoms. The Morgan fingerprint density at radius 3 is 1.76 bits per heavy atom. The second kappa shape index (κ2) is 5.35. The van der Waals surface area contributed by atoms with E-state index in [4.69, 9.17) is 4.74 Å². The molecule has 0 N–H and O–H groups in total. The van der Waals surface area contributed by atoms with Crippen LogP contribution in [0.1, 0.15) is 26.3 Å². The van der Waals surface area contributed by atoms with Gasteiger partial charge in [-0.25, -0.2) is 0 Å². The maximum Gasteiger partial charge on any atom is 0.255 e. The van der Waals surface area contributed by atoms with Crippen LogP contribution in [0.25, 0.3) is 0 Å². The number of hydrogen-bond acceptors (Lipinski definition) is 2. The van der Waals surface area contributed by atoms with Gasteiger partial charge in [0.05, 0.1) is 0 Å². The lowest BCUT2D eigenvalue weighted by Gasteiger charge is -2.19. The van der Waals surface area contributed by atoms with E-state index >= 15 is 0 Å². The van der Waals surface area contributed by atoms with Crippen LogP contribution in [0, 0.1) is 23.5 Å². The van der Waals surface area contributed by atoms with Crippen LogP contribution in [0.3, 0.4) is 0 Å². The summed E-state index contributed by atoms with van der Waals surface area (Å²) in [5.41, 5.74) is 0.868. The average Bonchev–Trinajstić information content (AvgIpc) is 2.41. The molecular weight excluding hydrogens is 286 g/mol. The van der Waals surface area contributed by atoms with Gasteiger partial charge in [-0.3, -0.25) is 0 Å². The van der Waals surface area contributed by atoms with Gasteiger partial charge in [-0.05, 0) is 23.1 Å². The molecule has 0 aliphatic rings. The number of rotatable bonds is 2. The Hall–Kier alpha value is -2.11. The summed E-state index contributed by atoms with van der Waals surface area (Å²) in [6.07, 6.45) is 0. The van der Waals surface area contributed by atoms with Crippen molar-refractivity contribution in [2.24, 2.45) is 0 Å². The smallest absolute Gasteiger partial charge is 0.255 e. The Bertz CT molecular complexity index is 637. The minimum absolute atomic E-state index is 0.0609. The number of nitrogens with zero attached hydrogens (tertiary/aromatic N) is 1. The lowest BCUT2D eigenvalue weighted by atomic mass is 9.87. The van der Waals surface area contributed by atoms with Crippen LogP contribution in [0.15, 0.2) is 24.3 Å². The van der Waals surface area contributed by atoms with Gasteiger partial charge in [-0.15, -0.1) is 0 Å². The molecule has 2 rings (SSSR count). The van der Waals surface area contributed by atoms with Crippen LogP contribution in [-0.2, 0) is 5.41 Å². The first-order valence-electron chi connectivity index (χ1n) is 6.18. The van der Waals surface area contributed by atoms with Crippen LogP contribution in [0.5, 0.6) is 11.5 Å². The Morgan fingerprint density at radius 2 is 1.33 bits per heavy atom. The van der Waals surface area contributed by atoms with E-state index in [1.807, 2.05) is 20.8 Å². The fraction of sp³-hybridized carbons (Fsp3) is 0.267. The standard InChI is InChI=1S/C15H13F4NO/c1-15(2,3)8-4-6-9(7-5-8)21-12-10(16)13(18)20-14(19)11(12)17/h4-7H,1-3H3. The van der Waals surface area contributed by atoms with Crippen molar-refractivity contribution < 1.29 is 22.3 Å². The van der Waals surface area contributed by atoms with Gasteiger partial charge in [0, 0.05) is 0 Å². The molecule has 2 nitrogen and oxygen atoms in total. The molecule has 0 unspecified atom stereocenters.